The third-order valence-corrected chi connectivity index (χ3v) is 3.52. The van der Waals surface area contributed by atoms with Crippen molar-refractivity contribution in [1.29, 1.82) is 0 Å². The number of alkyl carbamates (subject to hydrolysis) is 1. The van der Waals surface area contributed by atoms with E-state index in [-0.39, 0.29) is 17.6 Å². The second-order valence-electron chi connectivity index (χ2n) is 6.45. The van der Waals surface area contributed by atoms with Crippen molar-refractivity contribution in [3.8, 4) is 5.69 Å². The highest BCUT2D eigenvalue weighted by atomic mass is 35.5. The Morgan fingerprint density at radius 2 is 2.12 bits per heavy atom. The number of rotatable bonds is 5. The zero-order valence-electron chi connectivity index (χ0n) is 15.2. The molecule has 0 unspecified atom stereocenters. The Morgan fingerprint density at radius 3 is 2.69 bits per heavy atom. The van der Waals surface area contributed by atoms with E-state index in [1.54, 1.807) is 50.1 Å². The number of nitrogens with one attached hydrogen (secondary N) is 1. The summed E-state index contributed by atoms with van der Waals surface area (Å²) in [5, 5.41) is 6.84. The maximum Gasteiger partial charge on any atom is 0.408 e. The van der Waals surface area contributed by atoms with Gasteiger partial charge in [-0.2, -0.15) is 5.10 Å². The van der Waals surface area contributed by atoms with Crippen molar-refractivity contribution in [2.75, 3.05) is 18.0 Å². The largest absolute Gasteiger partial charge is 0.444 e. The maximum absolute atomic E-state index is 12.5. The van der Waals surface area contributed by atoms with E-state index in [0.717, 1.165) is 5.69 Å². The smallest absolute Gasteiger partial charge is 0.408 e. The molecule has 140 valence electrons. The monoisotopic (exact) mass is 379 g/mol. The van der Waals surface area contributed by atoms with Gasteiger partial charge in [0.1, 0.15) is 17.8 Å². The first-order valence-corrected chi connectivity index (χ1v) is 8.52. The molecule has 0 aliphatic rings. The summed E-state index contributed by atoms with van der Waals surface area (Å²) in [6.45, 7) is 7.21. The van der Waals surface area contributed by atoms with E-state index < -0.39 is 11.7 Å². The van der Waals surface area contributed by atoms with Gasteiger partial charge < -0.3 is 15.0 Å². The van der Waals surface area contributed by atoms with Gasteiger partial charge in [0.05, 0.1) is 18.1 Å². The number of hydrogen-bond donors (Lipinski definition) is 1. The lowest BCUT2D eigenvalue weighted by Gasteiger charge is -2.22. The number of ether oxygens (including phenoxy) is 1. The molecule has 0 aromatic carbocycles. The Kier molecular flexibility index (Phi) is 6.20. The molecule has 0 atom stereocenters. The molecule has 2 rings (SSSR count). The number of aromatic nitrogens is 3. The molecule has 0 aliphatic heterocycles. The van der Waals surface area contributed by atoms with Gasteiger partial charge in [-0.25, -0.2) is 9.48 Å². The lowest BCUT2D eigenvalue weighted by Crippen LogP contribution is -2.42. The summed E-state index contributed by atoms with van der Waals surface area (Å²) in [5.74, 6) is -0.328. The molecule has 0 saturated heterocycles. The van der Waals surface area contributed by atoms with Crippen molar-refractivity contribution in [2.45, 2.75) is 33.3 Å². The second-order valence-corrected chi connectivity index (χ2v) is 6.81. The second kappa shape index (κ2) is 8.18. The number of nitrogens with zero attached hydrogens (tertiary/aromatic N) is 4. The molecule has 9 heteroatoms. The topological polar surface area (TPSA) is 89.4 Å². The van der Waals surface area contributed by atoms with E-state index >= 15 is 0 Å². The highest BCUT2D eigenvalue weighted by molar-refractivity contribution is 6.32. The lowest BCUT2D eigenvalue weighted by molar-refractivity contribution is -0.117. The van der Waals surface area contributed by atoms with E-state index in [1.165, 1.54) is 4.90 Å². The van der Waals surface area contributed by atoms with Crippen molar-refractivity contribution < 1.29 is 14.3 Å². The van der Waals surface area contributed by atoms with Gasteiger partial charge in [0.15, 0.2) is 5.15 Å². The van der Waals surface area contributed by atoms with Crippen LogP contribution in [0.15, 0.2) is 30.7 Å². The minimum atomic E-state index is -0.654. The summed E-state index contributed by atoms with van der Waals surface area (Å²) < 4.78 is 6.67. The van der Waals surface area contributed by atoms with Crippen LogP contribution in [0.2, 0.25) is 5.15 Å². The SMILES string of the molecule is CCN(C(=O)CNC(=O)OC(C)(C)C)c1cn(-c2cccnc2)nc1Cl. The van der Waals surface area contributed by atoms with E-state index in [2.05, 4.69) is 15.4 Å². The molecule has 0 fully saturated rings. The molecular weight excluding hydrogens is 358 g/mol. The van der Waals surface area contributed by atoms with Gasteiger partial charge in [0.25, 0.3) is 0 Å². The fraction of sp³-hybridized carbons (Fsp3) is 0.412. The fourth-order valence-electron chi connectivity index (χ4n) is 2.18. The van der Waals surface area contributed by atoms with Gasteiger partial charge in [-0.3, -0.25) is 9.78 Å². The molecule has 0 spiro atoms. The van der Waals surface area contributed by atoms with Crippen LogP contribution in [-0.2, 0) is 9.53 Å². The van der Waals surface area contributed by atoms with Crippen molar-refractivity contribution in [2.24, 2.45) is 0 Å². The minimum absolute atomic E-state index is 0.182. The molecule has 2 heterocycles. The third kappa shape index (κ3) is 5.19. The van der Waals surface area contributed by atoms with Gasteiger partial charge in [0, 0.05) is 12.7 Å². The van der Waals surface area contributed by atoms with Gasteiger partial charge in [-0.15, -0.1) is 0 Å². The van der Waals surface area contributed by atoms with Crippen LogP contribution in [0, 0.1) is 0 Å². The Hall–Kier alpha value is -2.61. The van der Waals surface area contributed by atoms with Crippen LogP contribution in [0.25, 0.3) is 5.69 Å². The Morgan fingerprint density at radius 1 is 1.38 bits per heavy atom. The van der Waals surface area contributed by atoms with Gasteiger partial charge >= 0.3 is 6.09 Å². The molecule has 2 aromatic rings. The Bertz CT molecular complexity index is 770. The quantitative estimate of drug-likeness (QED) is 0.862. The van der Waals surface area contributed by atoms with Crippen LogP contribution < -0.4 is 10.2 Å². The normalized spacial score (nSPS) is 11.1. The molecule has 0 radical (unpaired) electrons. The Labute approximate surface area is 157 Å². The van der Waals surface area contributed by atoms with Gasteiger partial charge in [-0.05, 0) is 39.8 Å². The Balaban J connectivity index is 2.09. The van der Waals surface area contributed by atoms with Crippen LogP contribution >= 0.6 is 11.6 Å². The predicted octanol–water partition coefficient (Wildman–Crippen LogP) is 2.80. The number of anilines is 1. The molecule has 0 aliphatic carbocycles. The number of hydrogen-bond acceptors (Lipinski definition) is 5. The summed E-state index contributed by atoms with van der Waals surface area (Å²) in [6, 6.07) is 3.60. The molecular formula is C17H22ClN5O3. The van der Waals surface area contributed by atoms with Crippen LogP contribution in [0.1, 0.15) is 27.7 Å². The fourth-order valence-corrected chi connectivity index (χ4v) is 2.42. The first-order valence-electron chi connectivity index (χ1n) is 8.14. The van der Waals surface area contributed by atoms with Gasteiger partial charge in [0.2, 0.25) is 5.91 Å². The molecule has 26 heavy (non-hydrogen) atoms. The van der Waals surface area contributed by atoms with Crippen LogP contribution in [0.4, 0.5) is 10.5 Å². The number of halogens is 1. The zero-order valence-corrected chi connectivity index (χ0v) is 15.9. The highest BCUT2D eigenvalue weighted by Gasteiger charge is 2.22. The maximum atomic E-state index is 12.5. The van der Waals surface area contributed by atoms with E-state index in [1.807, 2.05) is 13.0 Å². The zero-order chi connectivity index (χ0) is 19.3. The van der Waals surface area contributed by atoms with Crippen LogP contribution in [0.5, 0.6) is 0 Å². The highest BCUT2D eigenvalue weighted by Crippen LogP contribution is 2.25. The summed E-state index contributed by atoms with van der Waals surface area (Å²) in [7, 11) is 0. The summed E-state index contributed by atoms with van der Waals surface area (Å²) in [6.07, 6.45) is 4.28. The third-order valence-electron chi connectivity index (χ3n) is 3.25. The molecule has 8 nitrogen and oxygen atoms in total. The number of carbonyl (C=O) groups excluding carboxylic acids is 2. The summed E-state index contributed by atoms with van der Waals surface area (Å²) in [5.41, 5.74) is 0.538. The average molecular weight is 380 g/mol. The number of amides is 2. The van der Waals surface area contributed by atoms with E-state index in [4.69, 9.17) is 16.3 Å². The molecule has 0 saturated carbocycles. The molecule has 2 amide bonds. The standard InChI is InChI=1S/C17H22ClN5O3/c1-5-22(14(24)10-20-16(25)26-17(2,3)4)13-11-23(21-15(13)18)12-7-6-8-19-9-12/h6-9,11H,5,10H2,1-4H3,(H,20,25). The number of carbonyl (C=O) groups is 2. The molecule has 2 aromatic heterocycles. The lowest BCUT2D eigenvalue weighted by atomic mass is 10.2. The van der Waals surface area contributed by atoms with E-state index in [0.29, 0.717) is 12.2 Å². The first kappa shape index (κ1) is 19.7. The van der Waals surface area contributed by atoms with Gasteiger partial charge in [-0.1, -0.05) is 11.6 Å². The number of likely N-dealkylation sites (N-methyl/N-ethyl adjacent to an activating group) is 1. The minimum Gasteiger partial charge on any atom is -0.444 e. The molecule has 0 bridgehead atoms. The number of pyridine rings is 1. The summed E-state index contributed by atoms with van der Waals surface area (Å²) in [4.78, 5) is 29.7. The summed E-state index contributed by atoms with van der Waals surface area (Å²) >= 11 is 6.20. The predicted molar refractivity (Wildman–Crippen MR) is 98.6 cm³/mol. The van der Waals surface area contributed by atoms with Crippen molar-refractivity contribution >= 4 is 29.3 Å². The first-order chi connectivity index (χ1) is 12.2. The van der Waals surface area contributed by atoms with Crippen LogP contribution in [0.3, 0.4) is 0 Å². The van der Waals surface area contributed by atoms with Crippen molar-refractivity contribution in [3.63, 3.8) is 0 Å². The average Bonchev–Trinajstić information content (AvgIpc) is 2.95. The van der Waals surface area contributed by atoms with E-state index in [9.17, 15) is 9.59 Å². The van der Waals surface area contributed by atoms with Crippen molar-refractivity contribution in [1.82, 2.24) is 20.1 Å². The molecule has 1 N–H and O–H groups in total. The van der Waals surface area contributed by atoms with Crippen LogP contribution in [-0.4, -0.2) is 45.5 Å². The van der Waals surface area contributed by atoms with Crippen molar-refractivity contribution in [3.05, 3.63) is 35.9 Å².